The fourth-order valence-electron chi connectivity index (χ4n) is 5.48. The minimum atomic E-state index is -0.596. The van der Waals surface area contributed by atoms with E-state index in [0.717, 1.165) is 23.5 Å². The predicted octanol–water partition coefficient (Wildman–Crippen LogP) is 5.32. The van der Waals surface area contributed by atoms with Gasteiger partial charge in [0, 0.05) is 51.8 Å². The third-order valence-electron chi connectivity index (χ3n) is 7.41. The number of nitrogens with one attached hydrogen (secondary N) is 1. The lowest BCUT2D eigenvalue weighted by Crippen LogP contribution is -2.52. The number of hydrogen-bond acceptors (Lipinski definition) is 5. The van der Waals surface area contributed by atoms with Crippen LogP contribution < -0.4 is 5.32 Å². The van der Waals surface area contributed by atoms with Crippen LogP contribution in [0.2, 0.25) is 10.0 Å². The first kappa shape index (κ1) is 25.4. The van der Waals surface area contributed by atoms with Crippen LogP contribution in [0.5, 0.6) is 0 Å². The molecule has 3 amide bonds. The standard InChI is InChI=1S/C29H25Cl2N3O3S/c30-20-5-1-17(2-6-20)27(18-3-7-21(31)8-4-18)33-15-23(16-33)38-22-9-10-24-19(13-22)14-34(29(24)37)25-11-12-26(35)32-28(25)36/h1-10,13,23,25,27H,11-12,14-16H2,(H,32,35,36). The van der Waals surface area contributed by atoms with Crippen molar-refractivity contribution in [1.82, 2.24) is 15.1 Å². The summed E-state index contributed by atoms with van der Waals surface area (Å²) in [6.45, 7) is 2.22. The highest BCUT2D eigenvalue weighted by molar-refractivity contribution is 8.00. The smallest absolute Gasteiger partial charge is 0.255 e. The Kier molecular flexibility index (Phi) is 6.95. The van der Waals surface area contributed by atoms with Gasteiger partial charge in [-0.3, -0.25) is 24.6 Å². The van der Waals surface area contributed by atoms with E-state index in [4.69, 9.17) is 23.2 Å². The van der Waals surface area contributed by atoms with Crippen molar-refractivity contribution in [3.8, 4) is 0 Å². The van der Waals surface area contributed by atoms with Crippen LogP contribution in [0.1, 0.15) is 45.9 Å². The number of thioether (sulfide) groups is 1. The quantitative estimate of drug-likeness (QED) is 0.409. The summed E-state index contributed by atoms with van der Waals surface area (Å²) in [7, 11) is 0. The van der Waals surface area contributed by atoms with Crippen LogP contribution in [0.3, 0.4) is 0 Å². The van der Waals surface area contributed by atoms with Gasteiger partial charge in [-0.1, -0.05) is 47.5 Å². The van der Waals surface area contributed by atoms with Gasteiger partial charge in [0.2, 0.25) is 11.8 Å². The summed E-state index contributed by atoms with van der Waals surface area (Å²) in [4.78, 5) is 42.0. The minimum absolute atomic E-state index is 0.112. The number of nitrogens with zero attached hydrogens (tertiary/aromatic N) is 2. The van der Waals surface area contributed by atoms with Crippen LogP contribution in [0.25, 0.3) is 0 Å². The van der Waals surface area contributed by atoms with E-state index in [2.05, 4.69) is 40.5 Å². The molecular formula is C29H25Cl2N3O3S. The van der Waals surface area contributed by atoms with Crippen molar-refractivity contribution in [2.24, 2.45) is 0 Å². The van der Waals surface area contributed by atoms with E-state index in [9.17, 15) is 14.4 Å². The molecule has 3 aromatic carbocycles. The first-order valence-electron chi connectivity index (χ1n) is 12.5. The highest BCUT2D eigenvalue weighted by Crippen LogP contribution is 2.40. The zero-order chi connectivity index (χ0) is 26.4. The van der Waals surface area contributed by atoms with Gasteiger partial charge in [0.05, 0.1) is 6.04 Å². The van der Waals surface area contributed by atoms with Gasteiger partial charge >= 0.3 is 0 Å². The van der Waals surface area contributed by atoms with Crippen LogP contribution in [-0.4, -0.2) is 51.9 Å². The SMILES string of the molecule is O=C1CCC(N2Cc3cc(SC4CN(C(c5ccc(Cl)cc5)c5ccc(Cl)cc5)C4)ccc3C2=O)C(=O)N1. The number of hydrogen-bond donors (Lipinski definition) is 1. The van der Waals surface area contributed by atoms with Crippen LogP contribution in [0, 0.1) is 0 Å². The van der Waals surface area contributed by atoms with Gasteiger partial charge in [-0.15, -0.1) is 11.8 Å². The summed E-state index contributed by atoms with van der Waals surface area (Å²) in [5.41, 5.74) is 3.94. The highest BCUT2D eigenvalue weighted by atomic mass is 35.5. The Bertz CT molecular complexity index is 1360. The number of carbonyl (C=O) groups is 3. The van der Waals surface area contributed by atoms with Crippen molar-refractivity contribution in [3.05, 3.63) is 99.0 Å². The second-order valence-electron chi connectivity index (χ2n) is 9.92. The van der Waals surface area contributed by atoms with Gasteiger partial charge < -0.3 is 4.90 Å². The maximum Gasteiger partial charge on any atom is 0.255 e. The highest BCUT2D eigenvalue weighted by Gasteiger charge is 2.39. The molecule has 1 unspecified atom stereocenters. The molecule has 0 aliphatic carbocycles. The summed E-state index contributed by atoms with van der Waals surface area (Å²) in [5, 5.41) is 4.20. The first-order chi connectivity index (χ1) is 18.4. The molecule has 0 spiro atoms. The van der Waals surface area contributed by atoms with Gasteiger partial charge in [-0.2, -0.15) is 0 Å². The number of likely N-dealkylation sites (tertiary alicyclic amines) is 1. The van der Waals surface area contributed by atoms with Crippen LogP contribution in [0.15, 0.2) is 71.6 Å². The second kappa shape index (κ2) is 10.4. The number of halogens is 2. The summed E-state index contributed by atoms with van der Waals surface area (Å²) in [5.74, 6) is -0.810. The lowest BCUT2D eigenvalue weighted by Gasteiger charge is -2.44. The molecule has 0 saturated carbocycles. The van der Waals surface area contributed by atoms with E-state index < -0.39 is 6.04 Å². The summed E-state index contributed by atoms with van der Waals surface area (Å²) < 4.78 is 0. The Labute approximate surface area is 235 Å². The lowest BCUT2D eigenvalue weighted by molar-refractivity contribution is -0.136. The summed E-state index contributed by atoms with van der Waals surface area (Å²) in [6.07, 6.45) is 0.620. The number of amides is 3. The molecule has 0 bridgehead atoms. The summed E-state index contributed by atoms with van der Waals surface area (Å²) >= 11 is 14.1. The lowest BCUT2D eigenvalue weighted by atomic mass is 9.94. The van der Waals surface area contributed by atoms with Crippen molar-refractivity contribution < 1.29 is 14.4 Å². The average molecular weight is 567 g/mol. The van der Waals surface area contributed by atoms with E-state index in [1.807, 2.05) is 48.2 Å². The van der Waals surface area contributed by atoms with Crippen molar-refractivity contribution in [2.75, 3.05) is 13.1 Å². The van der Waals surface area contributed by atoms with Crippen molar-refractivity contribution >= 4 is 52.7 Å². The molecule has 194 valence electrons. The van der Waals surface area contributed by atoms with E-state index in [0.29, 0.717) is 33.8 Å². The normalized spacial score (nSPS) is 20.0. The number of fused-ring (bicyclic) bond motifs is 1. The largest absolute Gasteiger partial charge is 0.322 e. The molecule has 2 saturated heterocycles. The Morgan fingerprint density at radius 1 is 0.868 bits per heavy atom. The molecule has 3 aromatic rings. The molecule has 1 atom stereocenters. The third-order valence-corrected chi connectivity index (χ3v) is 9.07. The van der Waals surface area contributed by atoms with Crippen molar-refractivity contribution in [3.63, 3.8) is 0 Å². The molecule has 1 N–H and O–H groups in total. The Hall–Kier alpha value is -2.84. The van der Waals surface area contributed by atoms with Gasteiger partial charge in [0.25, 0.3) is 5.91 Å². The third kappa shape index (κ3) is 4.96. The van der Waals surface area contributed by atoms with Gasteiger partial charge in [0.15, 0.2) is 0 Å². The average Bonchev–Trinajstić information content (AvgIpc) is 3.20. The number of imide groups is 1. The van der Waals surface area contributed by atoms with E-state index >= 15 is 0 Å². The van der Waals surface area contributed by atoms with E-state index in [-0.39, 0.29) is 30.2 Å². The minimum Gasteiger partial charge on any atom is -0.322 e. The Morgan fingerprint density at radius 3 is 2.11 bits per heavy atom. The zero-order valence-electron chi connectivity index (χ0n) is 20.4. The number of rotatable bonds is 6. The van der Waals surface area contributed by atoms with Crippen molar-refractivity contribution in [1.29, 1.82) is 0 Å². The molecule has 38 heavy (non-hydrogen) atoms. The number of benzene rings is 3. The van der Waals surface area contributed by atoms with Crippen molar-refractivity contribution in [2.45, 2.75) is 41.6 Å². The Morgan fingerprint density at radius 2 is 1.50 bits per heavy atom. The predicted molar refractivity (Wildman–Crippen MR) is 148 cm³/mol. The van der Waals surface area contributed by atoms with Crippen LogP contribution >= 0.6 is 35.0 Å². The van der Waals surface area contributed by atoms with E-state index in [1.165, 1.54) is 11.1 Å². The first-order valence-corrected chi connectivity index (χ1v) is 14.2. The molecule has 2 fully saturated rings. The number of piperidine rings is 1. The molecule has 3 aliphatic rings. The summed E-state index contributed by atoms with van der Waals surface area (Å²) in [6, 6.07) is 21.5. The molecule has 6 rings (SSSR count). The Balaban J connectivity index is 1.13. The monoisotopic (exact) mass is 565 g/mol. The van der Waals surface area contributed by atoms with Crippen LogP contribution in [-0.2, 0) is 16.1 Å². The number of carbonyl (C=O) groups excluding carboxylic acids is 3. The topological polar surface area (TPSA) is 69.7 Å². The maximum absolute atomic E-state index is 13.0. The zero-order valence-corrected chi connectivity index (χ0v) is 22.7. The van der Waals surface area contributed by atoms with Gasteiger partial charge in [0.1, 0.15) is 6.04 Å². The van der Waals surface area contributed by atoms with Crippen LogP contribution in [0.4, 0.5) is 0 Å². The van der Waals surface area contributed by atoms with E-state index in [1.54, 1.807) is 4.90 Å². The molecule has 3 aliphatic heterocycles. The second-order valence-corrected chi connectivity index (χ2v) is 12.2. The van der Waals surface area contributed by atoms with Gasteiger partial charge in [-0.05, 0) is 65.6 Å². The van der Waals surface area contributed by atoms with Gasteiger partial charge in [-0.25, -0.2) is 0 Å². The molecule has 6 nitrogen and oxygen atoms in total. The molecule has 0 radical (unpaired) electrons. The molecule has 3 heterocycles. The fourth-order valence-corrected chi connectivity index (χ4v) is 7.00. The molecule has 9 heteroatoms. The maximum atomic E-state index is 13.0. The molecule has 0 aromatic heterocycles. The molecular weight excluding hydrogens is 541 g/mol. The fraction of sp³-hybridized carbons (Fsp3) is 0.276.